The van der Waals surface area contributed by atoms with Crippen molar-refractivity contribution in [2.45, 2.75) is 24.7 Å². The summed E-state index contributed by atoms with van der Waals surface area (Å²) in [5, 5.41) is 16.0. The minimum atomic E-state index is -0.382. The van der Waals surface area contributed by atoms with Gasteiger partial charge in [0.05, 0.1) is 12.1 Å². The first-order chi connectivity index (χ1) is 15.0. The van der Waals surface area contributed by atoms with Crippen molar-refractivity contribution in [1.29, 1.82) is 0 Å². The van der Waals surface area contributed by atoms with Crippen molar-refractivity contribution < 1.29 is 13.9 Å². The van der Waals surface area contributed by atoms with Crippen LogP contribution in [-0.2, 0) is 20.2 Å². The number of halogens is 3. The molecule has 0 aliphatic heterocycles. The van der Waals surface area contributed by atoms with Gasteiger partial charge in [0.1, 0.15) is 12.4 Å². The highest BCUT2D eigenvalue weighted by Gasteiger charge is 2.15. The Morgan fingerprint density at radius 2 is 2.13 bits per heavy atom. The molecule has 1 heterocycles. The Morgan fingerprint density at radius 3 is 2.84 bits per heavy atom. The summed E-state index contributed by atoms with van der Waals surface area (Å²) >= 11 is 11.3. The van der Waals surface area contributed by atoms with Crippen LogP contribution in [0.5, 0.6) is 11.5 Å². The lowest BCUT2D eigenvalue weighted by molar-refractivity contribution is 0.280. The molecular weight excluding hydrogens is 509 g/mol. The Morgan fingerprint density at radius 1 is 1.29 bits per heavy atom. The van der Waals surface area contributed by atoms with Crippen LogP contribution in [0.2, 0.25) is 5.02 Å². The first-order valence-electron chi connectivity index (χ1n) is 9.47. The van der Waals surface area contributed by atoms with Crippen LogP contribution in [-0.4, -0.2) is 39.6 Å². The monoisotopic (exact) mass is 529 g/mol. The predicted molar refractivity (Wildman–Crippen MR) is 122 cm³/mol. The standard InChI is InChI=1S/C20H22BrClFN5O2S/c1-28-20(25-26-27-28)31-9-3-8-24-11-15-16(21)6-7-18(29-2)19(15)30-12-13-4-5-14(23)10-17(13)22/h4-7,10,24H,3,8-9,11-12H2,1-2H3. The molecule has 0 unspecified atom stereocenters. The fourth-order valence-corrected chi connectivity index (χ4v) is 4.24. The molecule has 31 heavy (non-hydrogen) atoms. The highest BCUT2D eigenvalue weighted by atomic mass is 79.9. The maximum Gasteiger partial charge on any atom is 0.209 e. The first-order valence-corrected chi connectivity index (χ1v) is 11.6. The normalized spacial score (nSPS) is 11.0. The van der Waals surface area contributed by atoms with Crippen molar-refractivity contribution in [2.24, 2.45) is 7.05 Å². The van der Waals surface area contributed by atoms with Crippen molar-refractivity contribution in [1.82, 2.24) is 25.5 Å². The predicted octanol–water partition coefficient (Wildman–Crippen LogP) is 4.62. The van der Waals surface area contributed by atoms with E-state index in [1.165, 1.54) is 12.1 Å². The number of aromatic nitrogens is 4. The molecule has 0 amide bonds. The van der Waals surface area contributed by atoms with Gasteiger partial charge in [0, 0.05) is 34.9 Å². The molecule has 0 aliphatic rings. The first kappa shape index (κ1) is 23.8. The maximum atomic E-state index is 13.3. The maximum absolute atomic E-state index is 13.3. The number of nitrogens with zero attached hydrogens (tertiary/aromatic N) is 4. The zero-order valence-corrected chi connectivity index (χ0v) is 20.2. The third-order valence-electron chi connectivity index (χ3n) is 4.39. The van der Waals surface area contributed by atoms with Gasteiger partial charge in [0.15, 0.2) is 11.5 Å². The number of rotatable bonds is 11. The third kappa shape index (κ3) is 6.55. The van der Waals surface area contributed by atoms with Gasteiger partial charge >= 0.3 is 0 Å². The number of benzene rings is 2. The Kier molecular flexibility index (Phi) is 8.94. The van der Waals surface area contributed by atoms with E-state index in [1.54, 1.807) is 29.6 Å². The van der Waals surface area contributed by atoms with Gasteiger partial charge in [-0.1, -0.05) is 45.4 Å². The molecule has 0 radical (unpaired) electrons. The van der Waals surface area contributed by atoms with Crippen LogP contribution in [0.4, 0.5) is 4.39 Å². The second kappa shape index (κ2) is 11.7. The molecule has 0 aliphatic carbocycles. The number of hydrogen-bond acceptors (Lipinski definition) is 7. The number of aryl methyl sites for hydroxylation is 1. The van der Waals surface area contributed by atoms with E-state index in [9.17, 15) is 4.39 Å². The number of thioether (sulfide) groups is 1. The van der Waals surface area contributed by atoms with Gasteiger partial charge in [-0.05, 0) is 47.7 Å². The van der Waals surface area contributed by atoms with Crippen LogP contribution in [0.15, 0.2) is 40.0 Å². The van der Waals surface area contributed by atoms with Gasteiger partial charge in [0.2, 0.25) is 5.16 Å². The van der Waals surface area contributed by atoms with E-state index in [4.69, 9.17) is 21.1 Å². The molecule has 0 saturated heterocycles. The molecule has 0 fully saturated rings. The molecule has 11 heteroatoms. The van der Waals surface area contributed by atoms with Crippen LogP contribution in [0.1, 0.15) is 17.5 Å². The molecule has 7 nitrogen and oxygen atoms in total. The summed E-state index contributed by atoms with van der Waals surface area (Å²) in [6.07, 6.45) is 0.945. The molecule has 0 bridgehead atoms. The van der Waals surface area contributed by atoms with Crippen molar-refractivity contribution in [3.8, 4) is 11.5 Å². The largest absolute Gasteiger partial charge is 0.493 e. The summed E-state index contributed by atoms with van der Waals surface area (Å²) in [4.78, 5) is 0. The van der Waals surface area contributed by atoms with E-state index >= 15 is 0 Å². The van der Waals surface area contributed by atoms with E-state index in [1.807, 2.05) is 19.2 Å². The molecule has 3 rings (SSSR count). The van der Waals surface area contributed by atoms with E-state index in [0.29, 0.717) is 28.6 Å². The second-order valence-electron chi connectivity index (χ2n) is 6.55. The lowest BCUT2D eigenvalue weighted by Crippen LogP contribution is -2.17. The molecule has 0 atom stereocenters. The average Bonchev–Trinajstić information content (AvgIpc) is 3.16. The minimum Gasteiger partial charge on any atom is -0.493 e. The Hall–Kier alpha value is -1.88. The number of methoxy groups -OCH3 is 1. The molecule has 0 saturated carbocycles. The van der Waals surface area contributed by atoms with Crippen LogP contribution in [0.3, 0.4) is 0 Å². The van der Waals surface area contributed by atoms with Crippen LogP contribution in [0, 0.1) is 5.82 Å². The smallest absolute Gasteiger partial charge is 0.209 e. The third-order valence-corrected chi connectivity index (χ3v) is 6.58. The SMILES string of the molecule is COc1ccc(Br)c(CNCCCSc2nnnn2C)c1OCc1ccc(F)cc1Cl. The highest BCUT2D eigenvalue weighted by molar-refractivity contribution is 9.10. The van der Waals surface area contributed by atoms with Gasteiger partial charge in [-0.3, -0.25) is 0 Å². The van der Waals surface area contributed by atoms with Gasteiger partial charge in [-0.2, -0.15) is 0 Å². The topological polar surface area (TPSA) is 74.1 Å². The zero-order chi connectivity index (χ0) is 22.2. The van der Waals surface area contributed by atoms with Gasteiger partial charge in [-0.15, -0.1) is 5.10 Å². The fourth-order valence-electron chi connectivity index (χ4n) is 2.77. The van der Waals surface area contributed by atoms with E-state index in [-0.39, 0.29) is 12.4 Å². The Labute approximate surface area is 197 Å². The van der Waals surface area contributed by atoms with Crippen molar-refractivity contribution in [2.75, 3.05) is 19.4 Å². The Balaban J connectivity index is 1.59. The van der Waals surface area contributed by atoms with Crippen LogP contribution >= 0.6 is 39.3 Å². The zero-order valence-electron chi connectivity index (χ0n) is 17.1. The van der Waals surface area contributed by atoms with Gasteiger partial charge in [-0.25, -0.2) is 9.07 Å². The van der Waals surface area contributed by atoms with Gasteiger partial charge < -0.3 is 14.8 Å². The minimum absolute atomic E-state index is 0.196. The number of ether oxygens (including phenoxy) is 2. The molecule has 1 N–H and O–H groups in total. The molecular formula is C20H22BrClFN5O2S. The molecule has 2 aromatic carbocycles. The summed E-state index contributed by atoms with van der Waals surface area (Å²) in [5.41, 5.74) is 1.63. The van der Waals surface area contributed by atoms with Crippen LogP contribution < -0.4 is 14.8 Å². The quantitative estimate of drug-likeness (QED) is 0.286. The summed E-state index contributed by atoms with van der Waals surface area (Å²) in [5.74, 6) is 1.74. The average molecular weight is 531 g/mol. The summed E-state index contributed by atoms with van der Waals surface area (Å²) in [6.45, 7) is 1.59. The summed E-state index contributed by atoms with van der Waals surface area (Å²) < 4.78 is 27.4. The van der Waals surface area contributed by atoms with Gasteiger partial charge in [0.25, 0.3) is 0 Å². The molecule has 166 valence electrons. The Bertz CT molecular complexity index is 1020. The van der Waals surface area contributed by atoms with E-state index < -0.39 is 0 Å². The van der Waals surface area contributed by atoms with Crippen molar-refractivity contribution >= 4 is 39.3 Å². The lowest BCUT2D eigenvalue weighted by atomic mass is 10.1. The van der Waals surface area contributed by atoms with E-state index in [0.717, 1.165) is 33.9 Å². The summed E-state index contributed by atoms with van der Waals surface area (Å²) in [7, 11) is 3.41. The van der Waals surface area contributed by atoms with Crippen LogP contribution in [0.25, 0.3) is 0 Å². The number of nitrogens with one attached hydrogen (secondary N) is 1. The number of hydrogen-bond donors (Lipinski definition) is 1. The van der Waals surface area contributed by atoms with Crippen molar-refractivity contribution in [3.05, 3.63) is 56.8 Å². The lowest BCUT2D eigenvalue weighted by Gasteiger charge is -2.17. The number of tetrazole rings is 1. The molecule has 3 aromatic rings. The molecule has 1 aromatic heterocycles. The second-order valence-corrected chi connectivity index (χ2v) is 8.87. The van der Waals surface area contributed by atoms with Crippen molar-refractivity contribution in [3.63, 3.8) is 0 Å². The summed E-state index contributed by atoms with van der Waals surface area (Å²) in [6, 6.07) is 8.01. The van der Waals surface area contributed by atoms with E-state index in [2.05, 4.69) is 36.8 Å². The fraction of sp³-hybridized carbons (Fsp3) is 0.350. The molecule has 0 spiro atoms. The highest BCUT2D eigenvalue weighted by Crippen LogP contribution is 2.37.